The monoisotopic (exact) mass is 185 g/mol. The molecule has 0 aromatic carbocycles. The van der Waals surface area contributed by atoms with E-state index in [0.717, 1.165) is 0 Å². The molecule has 0 amide bonds. The average molecular weight is 185 g/mol. The maximum atomic E-state index is 8.85. The van der Waals surface area contributed by atoms with Crippen molar-refractivity contribution in [3.8, 4) is 0 Å². The number of rotatable bonds is 3. The fourth-order valence-electron chi connectivity index (χ4n) is 0.924. The highest BCUT2D eigenvalue weighted by molar-refractivity contribution is 5.05. The highest BCUT2D eigenvalue weighted by atomic mass is 16.7. The lowest BCUT2D eigenvalue weighted by molar-refractivity contribution is -0.119. The van der Waals surface area contributed by atoms with Gasteiger partial charge in [-0.15, -0.1) is 0 Å². The zero-order chi connectivity index (χ0) is 9.90. The number of hydrogen-bond donors (Lipinski definition) is 1. The minimum absolute atomic E-state index is 0.296. The lowest BCUT2D eigenvalue weighted by atomic mass is 10.3. The fourth-order valence-corrected chi connectivity index (χ4v) is 0.924. The van der Waals surface area contributed by atoms with E-state index in [1.54, 1.807) is 13.8 Å². The fraction of sp³-hybridized carbons (Fsp3) is 0.714. The summed E-state index contributed by atoms with van der Waals surface area (Å²) in [7, 11) is 0. The van der Waals surface area contributed by atoms with Crippen LogP contribution >= 0.6 is 0 Å². The van der Waals surface area contributed by atoms with Gasteiger partial charge in [-0.2, -0.15) is 0 Å². The Morgan fingerprint density at radius 1 is 1.77 bits per heavy atom. The molecule has 1 rings (SSSR count). The summed E-state index contributed by atoms with van der Waals surface area (Å²) in [5.74, 6) is -0.390. The summed E-state index contributed by atoms with van der Waals surface area (Å²) >= 11 is 0. The van der Waals surface area contributed by atoms with Gasteiger partial charge in [-0.05, 0) is 5.53 Å². The second-order valence-corrected chi connectivity index (χ2v) is 3.04. The van der Waals surface area contributed by atoms with Crippen LogP contribution < -0.4 is 0 Å². The van der Waals surface area contributed by atoms with Crippen molar-refractivity contribution in [2.24, 2.45) is 5.11 Å². The van der Waals surface area contributed by atoms with Crippen LogP contribution in [0.5, 0.6) is 0 Å². The Hall–Kier alpha value is -1.39. The third kappa shape index (κ3) is 2.27. The van der Waals surface area contributed by atoms with E-state index in [-0.39, 0.29) is 6.61 Å². The summed E-state index contributed by atoms with van der Waals surface area (Å²) in [6, 6.07) is -0.702. The van der Waals surface area contributed by atoms with Gasteiger partial charge in [0.2, 0.25) is 5.79 Å². The molecule has 6 nitrogen and oxygen atoms in total. The van der Waals surface area contributed by atoms with Gasteiger partial charge in [0.05, 0.1) is 6.61 Å². The average Bonchev–Trinajstić information content (AvgIpc) is 2.42. The molecule has 0 aromatic heterocycles. The van der Waals surface area contributed by atoms with E-state index in [1.165, 1.54) is 6.26 Å². The number of aliphatic hydroxyl groups excluding tert-OH is 1. The van der Waals surface area contributed by atoms with Crippen molar-refractivity contribution in [1.82, 2.24) is 0 Å². The zero-order valence-electron chi connectivity index (χ0n) is 7.47. The number of ether oxygens (including phenoxy) is 2. The van der Waals surface area contributed by atoms with E-state index in [2.05, 4.69) is 10.0 Å². The smallest absolute Gasteiger partial charge is 0.244 e. The first-order valence-corrected chi connectivity index (χ1v) is 3.81. The highest BCUT2D eigenvalue weighted by Gasteiger charge is 2.31. The van der Waals surface area contributed by atoms with Gasteiger partial charge >= 0.3 is 0 Å². The van der Waals surface area contributed by atoms with Crippen LogP contribution in [0.1, 0.15) is 13.8 Å². The van der Waals surface area contributed by atoms with Crippen molar-refractivity contribution in [2.75, 3.05) is 6.61 Å². The molecule has 0 saturated carbocycles. The van der Waals surface area contributed by atoms with Gasteiger partial charge in [0.25, 0.3) is 0 Å². The summed E-state index contributed by atoms with van der Waals surface area (Å²) in [6.45, 7) is 3.15. The first-order valence-electron chi connectivity index (χ1n) is 3.81. The lowest BCUT2D eigenvalue weighted by Crippen LogP contribution is -2.23. The molecular formula is C7H11N3O3. The Labute approximate surface area is 75.4 Å². The van der Waals surface area contributed by atoms with Crippen molar-refractivity contribution in [3.63, 3.8) is 0 Å². The largest absolute Gasteiger partial charge is 0.457 e. The predicted octanol–water partition coefficient (Wildman–Crippen LogP) is 1.28. The lowest BCUT2D eigenvalue weighted by Gasteiger charge is -2.19. The van der Waals surface area contributed by atoms with E-state index in [0.29, 0.717) is 5.76 Å². The van der Waals surface area contributed by atoms with E-state index in [9.17, 15) is 0 Å². The van der Waals surface area contributed by atoms with Crippen molar-refractivity contribution in [3.05, 3.63) is 22.5 Å². The summed E-state index contributed by atoms with van der Waals surface area (Å²) in [4.78, 5) is 2.59. The number of nitrogens with zero attached hydrogens (tertiary/aromatic N) is 3. The molecule has 72 valence electrons. The summed E-state index contributed by atoms with van der Waals surface area (Å²) < 4.78 is 10.4. The molecule has 0 spiro atoms. The van der Waals surface area contributed by atoms with Gasteiger partial charge < -0.3 is 14.6 Å². The van der Waals surface area contributed by atoms with Crippen LogP contribution in [0.25, 0.3) is 10.4 Å². The summed E-state index contributed by atoms with van der Waals surface area (Å²) in [6.07, 6.45) is 1.36. The predicted molar refractivity (Wildman–Crippen MR) is 44.4 cm³/mol. The Balaban J connectivity index is 2.68. The van der Waals surface area contributed by atoms with E-state index in [1.807, 2.05) is 0 Å². The van der Waals surface area contributed by atoms with Gasteiger partial charge in [-0.25, -0.2) is 0 Å². The van der Waals surface area contributed by atoms with Gasteiger partial charge in [0, 0.05) is 18.8 Å². The van der Waals surface area contributed by atoms with Crippen molar-refractivity contribution >= 4 is 0 Å². The number of hydrogen-bond acceptors (Lipinski definition) is 4. The first-order chi connectivity index (χ1) is 6.09. The zero-order valence-corrected chi connectivity index (χ0v) is 7.47. The molecule has 13 heavy (non-hydrogen) atoms. The Bertz CT molecular complexity index is 268. The third-order valence-electron chi connectivity index (χ3n) is 1.51. The van der Waals surface area contributed by atoms with Crippen molar-refractivity contribution in [1.29, 1.82) is 0 Å². The van der Waals surface area contributed by atoms with Crippen molar-refractivity contribution in [2.45, 2.75) is 25.7 Å². The molecule has 1 aliphatic heterocycles. The molecule has 0 aromatic rings. The Kier molecular flexibility index (Phi) is 2.65. The molecule has 1 atom stereocenters. The maximum Gasteiger partial charge on any atom is 0.244 e. The van der Waals surface area contributed by atoms with Crippen LogP contribution in [0.15, 0.2) is 17.1 Å². The standard InChI is InChI=1S/C7H11N3O3/c1-7(2)12-4-6(13-7)5(3-11)9-10-8/h4-5,11H,3H2,1-2H3. The highest BCUT2D eigenvalue weighted by Crippen LogP contribution is 2.27. The topological polar surface area (TPSA) is 87.5 Å². The van der Waals surface area contributed by atoms with Gasteiger partial charge in [0.1, 0.15) is 18.1 Å². The van der Waals surface area contributed by atoms with Crippen LogP contribution in [0.2, 0.25) is 0 Å². The molecule has 0 bridgehead atoms. The van der Waals surface area contributed by atoms with Gasteiger partial charge in [0.15, 0.2) is 0 Å². The van der Waals surface area contributed by atoms with Crippen LogP contribution in [0.4, 0.5) is 0 Å². The van der Waals surface area contributed by atoms with Crippen LogP contribution in [0, 0.1) is 0 Å². The van der Waals surface area contributed by atoms with E-state index < -0.39 is 11.8 Å². The molecule has 0 fully saturated rings. The molecule has 6 heteroatoms. The van der Waals surface area contributed by atoms with Crippen LogP contribution in [-0.4, -0.2) is 23.5 Å². The third-order valence-corrected chi connectivity index (χ3v) is 1.51. The number of aliphatic hydroxyl groups is 1. The molecule has 0 radical (unpaired) electrons. The second-order valence-electron chi connectivity index (χ2n) is 3.04. The molecule has 0 saturated heterocycles. The van der Waals surface area contributed by atoms with Crippen molar-refractivity contribution < 1.29 is 14.6 Å². The molecule has 0 aliphatic carbocycles. The molecule has 1 unspecified atom stereocenters. The first kappa shape index (κ1) is 9.70. The van der Waals surface area contributed by atoms with Crippen LogP contribution in [0.3, 0.4) is 0 Å². The normalized spacial score (nSPS) is 20.7. The van der Waals surface area contributed by atoms with Crippen LogP contribution in [-0.2, 0) is 9.47 Å². The van der Waals surface area contributed by atoms with Gasteiger partial charge in [-0.3, -0.25) is 0 Å². The molecular weight excluding hydrogens is 174 g/mol. The summed E-state index contributed by atoms with van der Waals surface area (Å²) in [5, 5.41) is 12.2. The molecule has 1 N–H and O–H groups in total. The van der Waals surface area contributed by atoms with E-state index in [4.69, 9.17) is 20.1 Å². The Morgan fingerprint density at radius 2 is 2.46 bits per heavy atom. The maximum absolute atomic E-state index is 8.85. The minimum Gasteiger partial charge on any atom is -0.457 e. The quantitative estimate of drug-likeness (QED) is 0.408. The minimum atomic E-state index is -0.742. The SMILES string of the molecule is CC1(C)OC=C(C(CO)N=[N+]=[N-])O1. The molecule has 1 heterocycles. The molecule has 1 aliphatic rings. The second kappa shape index (κ2) is 3.55. The summed E-state index contributed by atoms with van der Waals surface area (Å²) in [5.41, 5.74) is 8.18. The Morgan fingerprint density at radius 3 is 2.85 bits per heavy atom. The number of azide groups is 1. The van der Waals surface area contributed by atoms with Gasteiger partial charge in [-0.1, -0.05) is 5.11 Å². The van der Waals surface area contributed by atoms with E-state index >= 15 is 0 Å².